The van der Waals surface area contributed by atoms with Crippen molar-refractivity contribution in [3.05, 3.63) is 53.3 Å². The number of hydrogen-bond acceptors (Lipinski definition) is 3. The number of nitrogens with zero attached hydrogens (tertiary/aromatic N) is 2. The van der Waals surface area contributed by atoms with Crippen LogP contribution in [-0.4, -0.2) is 18.1 Å². The van der Waals surface area contributed by atoms with Crippen LogP contribution >= 0.6 is 0 Å². The number of hydrogen-bond donors (Lipinski definition) is 1. The smallest absolute Gasteiger partial charge is 0.0608 e. The second-order valence-electron chi connectivity index (χ2n) is 5.16. The normalized spacial score (nSPS) is 13.9. The maximum atomic E-state index is 4.08. The Labute approximate surface area is 114 Å². The van der Waals surface area contributed by atoms with Crippen LogP contribution in [0.25, 0.3) is 0 Å². The molecule has 0 atom stereocenters. The lowest BCUT2D eigenvalue weighted by Crippen LogP contribution is -2.33. The molecule has 0 aliphatic carbocycles. The zero-order valence-electron chi connectivity index (χ0n) is 11.5. The van der Waals surface area contributed by atoms with Crippen LogP contribution < -0.4 is 10.2 Å². The fraction of sp³-hybridized carbons (Fsp3) is 0.312. The average Bonchev–Trinajstić information content (AvgIpc) is 2.42. The molecule has 1 aromatic carbocycles. The van der Waals surface area contributed by atoms with E-state index in [2.05, 4.69) is 53.3 Å². The number of aromatic nitrogens is 1. The molecule has 0 amide bonds. The molecule has 0 saturated heterocycles. The lowest BCUT2D eigenvalue weighted by atomic mass is 10.0. The highest BCUT2D eigenvalue weighted by Crippen LogP contribution is 2.32. The standard InChI is InChI=1S/C16H19N3/c1-12-9-15-16(10-13(12)2)19(8-7-18-15)11-14-3-5-17-6-4-14/h3-6,9-10,18H,7-8,11H2,1-2H3. The molecular formula is C16H19N3. The van der Waals surface area contributed by atoms with E-state index in [-0.39, 0.29) is 0 Å². The maximum Gasteiger partial charge on any atom is 0.0608 e. The van der Waals surface area contributed by atoms with Crippen LogP contribution in [0.1, 0.15) is 16.7 Å². The van der Waals surface area contributed by atoms with Gasteiger partial charge >= 0.3 is 0 Å². The summed E-state index contributed by atoms with van der Waals surface area (Å²) in [5.41, 5.74) is 6.56. The van der Waals surface area contributed by atoms with Gasteiger partial charge in [0.05, 0.1) is 11.4 Å². The van der Waals surface area contributed by atoms with Gasteiger partial charge in [-0.25, -0.2) is 0 Å². The molecule has 2 aromatic rings. The third-order valence-corrected chi connectivity index (χ3v) is 3.77. The van der Waals surface area contributed by atoms with Crippen LogP contribution in [0.5, 0.6) is 0 Å². The largest absolute Gasteiger partial charge is 0.382 e. The predicted molar refractivity (Wildman–Crippen MR) is 79.7 cm³/mol. The van der Waals surface area contributed by atoms with Gasteiger partial charge < -0.3 is 10.2 Å². The molecule has 98 valence electrons. The van der Waals surface area contributed by atoms with E-state index in [1.165, 1.54) is 28.1 Å². The highest BCUT2D eigenvalue weighted by atomic mass is 15.2. The SMILES string of the molecule is Cc1cc2c(cc1C)N(Cc1ccncc1)CCN2. The Balaban J connectivity index is 1.92. The predicted octanol–water partition coefficient (Wildman–Crippen LogP) is 3.13. The van der Waals surface area contributed by atoms with E-state index in [1.54, 1.807) is 0 Å². The first-order valence-electron chi connectivity index (χ1n) is 6.73. The molecule has 0 bridgehead atoms. The monoisotopic (exact) mass is 253 g/mol. The van der Waals surface area contributed by atoms with Gasteiger partial charge in [0.15, 0.2) is 0 Å². The summed E-state index contributed by atoms with van der Waals surface area (Å²) in [4.78, 5) is 6.52. The van der Waals surface area contributed by atoms with Gasteiger partial charge in [-0.05, 0) is 54.8 Å². The van der Waals surface area contributed by atoms with E-state index in [0.717, 1.165) is 19.6 Å². The molecule has 0 spiro atoms. The molecule has 0 unspecified atom stereocenters. The van der Waals surface area contributed by atoms with E-state index >= 15 is 0 Å². The second kappa shape index (κ2) is 4.92. The first kappa shape index (κ1) is 12.0. The van der Waals surface area contributed by atoms with Crippen molar-refractivity contribution in [2.45, 2.75) is 20.4 Å². The van der Waals surface area contributed by atoms with Gasteiger partial charge in [-0.1, -0.05) is 0 Å². The fourth-order valence-corrected chi connectivity index (χ4v) is 2.52. The van der Waals surface area contributed by atoms with Crippen molar-refractivity contribution in [2.24, 2.45) is 0 Å². The molecule has 0 radical (unpaired) electrons. The van der Waals surface area contributed by atoms with Gasteiger partial charge in [0.2, 0.25) is 0 Å². The van der Waals surface area contributed by atoms with Crippen molar-refractivity contribution < 1.29 is 0 Å². The van der Waals surface area contributed by atoms with Crippen molar-refractivity contribution >= 4 is 11.4 Å². The molecule has 1 aliphatic heterocycles. The van der Waals surface area contributed by atoms with Crippen LogP contribution in [0.15, 0.2) is 36.7 Å². The lowest BCUT2D eigenvalue weighted by molar-refractivity contribution is 0.785. The van der Waals surface area contributed by atoms with Crippen molar-refractivity contribution in [3.8, 4) is 0 Å². The molecule has 1 N–H and O–H groups in total. The Bertz CT molecular complexity index is 578. The average molecular weight is 253 g/mol. The molecular weight excluding hydrogens is 234 g/mol. The highest BCUT2D eigenvalue weighted by Gasteiger charge is 2.17. The number of anilines is 2. The third-order valence-electron chi connectivity index (χ3n) is 3.77. The van der Waals surface area contributed by atoms with E-state index in [0.29, 0.717) is 0 Å². The zero-order chi connectivity index (χ0) is 13.2. The number of fused-ring (bicyclic) bond motifs is 1. The molecule has 0 saturated carbocycles. The minimum Gasteiger partial charge on any atom is -0.382 e. The Morgan fingerprint density at radius 2 is 1.89 bits per heavy atom. The topological polar surface area (TPSA) is 28.2 Å². The molecule has 1 aromatic heterocycles. The molecule has 19 heavy (non-hydrogen) atoms. The number of rotatable bonds is 2. The number of pyridine rings is 1. The molecule has 3 nitrogen and oxygen atoms in total. The van der Waals surface area contributed by atoms with Gasteiger partial charge in [-0.3, -0.25) is 4.98 Å². The van der Waals surface area contributed by atoms with E-state index in [4.69, 9.17) is 0 Å². The Morgan fingerprint density at radius 3 is 2.68 bits per heavy atom. The summed E-state index contributed by atoms with van der Waals surface area (Å²) >= 11 is 0. The van der Waals surface area contributed by atoms with Crippen LogP contribution in [0.3, 0.4) is 0 Å². The molecule has 0 fully saturated rings. The van der Waals surface area contributed by atoms with E-state index in [1.807, 2.05) is 12.4 Å². The van der Waals surface area contributed by atoms with E-state index in [9.17, 15) is 0 Å². The van der Waals surface area contributed by atoms with Gasteiger partial charge in [-0.15, -0.1) is 0 Å². The molecule has 3 heteroatoms. The summed E-state index contributed by atoms with van der Waals surface area (Å²) in [5, 5.41) is 3.49. The van der Waals surface area contributed by atoms with E-state index < -0.39 is 0 Å². The van der Waals surface area contributed by atoms with Gasteiger partial charge in [0, 0.05) is 32.0 Å². The minimum atomic E-state index is 0.944. The summed E-state index contributed by atoms with van der Waals surface area (Å²) in [6.45, 7) is 7.33. The Morgan fingerprint density at radius 1 is 1.16 bits per heavy atom. The van der Waals surface area contributed by atoms with Crippen LogP contribution in [-0.2, 0) is 6.54 Å². The summed E-state index contributed by atoms with van der Waals surface area (Å²) in [5.74, 6) is 0. The molecule has 2 heterocycles. The zero-order valence-corrected chi connectivity index (χ0v) is 11.5. The molecule has 1 aliphatic rings. The number of aryl methyl sites for hydroxylation is 2. The van der Waals surface area contributed by atoms with Crippen molar-refractivity contribution in [3.63, 3.8) is 0 Å². The summed E-state index contributed by atoms with van der Waals surface area (Å²) < 4.78 is 0. The minimum absolute atomic E-state index is 0.944. The van der Waals surface area contributed by atoms with Crippen molar-refractivity contribution in [1.82, 2.24) is 4.98 Å². The van der Waals surface area contributed by atoms with Crippen LogP contribution in [0.2, 0.25) is 0 Å². The highest BCUT2D eigenvalue weighted by molar-refractivity contribution is 5.74. The van der Waals surface area contributed by atoms with Gasteiger partial charge in [-0.2, -0.15) is 0 Å². The number of nitrogens with one attached hydrogen (secondary N) is 1. The Kier molecular flexibility index (Phi) is 3.11. The first-order valence-corrected chi connectivity index (χ1v) is 6.73. The van der Waals surface area contributed by atoms with Gasteiger partial charge in [0.25, 0.3) is 0 Å². The quantitative estimate of drug-likeness (QED) is 0.891. The summed E-state index contributed by atoms with van der Waals surface area (Å²) in [6, 6.07) is 8.72. The van der Waals surface area contributed by atoms with Crippen LogP contribution in [0, 0.1) is 13.8 Å². The number of benzene rings is 1. The fourth-order valence-electron chi connectivity index (χ4n) is 2.52. The third kappa shape index (κ3) is 2.41. The molecule has 3 rings (SSSR count). The first-order chi connectivity index (χ1) is 9.24. The second-order valence-corrected chi connectivity index (χ2v) is 5.16. The summed E-state index contributed by atoms with van der Waals surface area (Å²) in [6.07, 6.45) is 3.72. The summed E-state index contributed by atoms with van der Waals surface area (Å²) in [7, 11) is 0. The van der Waals surface area contributed by atoms with Gasteiger partial charge in [0.1, 0.15) is 0 Å². The van der Waals surface area contributed by atoms with Crippen molar-refractivity contribution in [1.29, 1.82) is 0 Å². The Hall–Kier alpha value is -2.03. The maximum absolute atomic E-state index is 4.08. The van der Waals surface area contributed by atoms with Crippen LogP contribution in [0.4, 0.5) is 11.4 Å². The lowest BCUT2D eigenvalue weighted by Gasteiger charge is -2.33. The van der Waals surface area contributed by atoms with Crippen molar-refractivity contribution in [2.75, 3.05) is 23.3 Å².